The molecule has 4 aromatic rings. The van der Waals surface area contributed by atoms with E-state index < -0.39 is 0 Å². The molecule has 0 radical (unpaired) electrons. The van der Waals surface area contributed by atoms with Crippen molar-refractivity contribution in [1.82, 2.24) is 9.55 Å². The number of benzene rings is 2. The summed E-state index contributed by atoms with van der Waals surface area (Å²) in [5.41, 5.74) is 4.44. The Labute approximate surface area is 159 Å². The van der Waals surface area contributed by atoms with Crippen LogP contribution in [0.4, 0.5) is 0 Å². The summed E-state index contributed by atoms with van der Waals surface area (Å²) < 4.78 is 13.3. The van der Waals surface area contributed by atoms with Gasteiger partial charge in [-0.1, -0.05) is 31.5 Å². The number of unbranched alkanes of at least 4 members (excludes halogenated alkanes) is 1. The van der Waals surface area contributed by atoms with E-state index in [0.29, 0.717) is 5.75 Å². The van der Waals surface area contributed by atoms with Gasteiger partial charge in [-0.15, -0.1) is 0 Å². The van der Waals surface area contributed by atoms with E-state index in [9.17, 15) is 0 Å². The van der Waals surface area contributed by atoms with Crippen LogP contribution in [-0.4, -0.2) is 23.8 Å². The van der Waals surface area contributed by atoms with Crippen LogP contribution in [0.3, 0.4) is 0 Å². The van der Waals surface area contributed by atoms with Gasteiger partial charge in [-0.3, -0.25) is 4.98 Å². The van der Waals surface area contributed by atoms with Crippen LogP contribution in [0.2, 0.25) is 0 Å². The molecular formula is C23H24N2O2. The molecule has 0 amide bonds. The molecule has 0 bridgehead atoms. The number of aromatic nitrogens is 2. The van der Waals surface area contributed by atoms with Crippen LogP contribution >= 0.6 is 0 Å². The smallest absolute Gasteiger partial charge is 0.161 e. The second-order valence-electron chi connectivity index (χ2n) is 6.65. The fraction of sp³-hybridized carbons (Fsp3) is 0.261. The fourth-order valence-electron chi connectivity index (χ4n) is 3.75. The standard InChI is InChI=1S/C23H24N2O2/c1-4-5-14-25-19-9-7-6-8-17(19)18-12-13-24-22(23(18)25)16-10-11-20(26-2)21(15-16)27-3/h6-13,15H,4-5,14H2,1-3H3. The van der Waals surface area contributed by atoms with Gasteiger partial charge in [0.25, 0.3) is 0 Å². The maximum atomic E-state index is 5.50. The van der Waals surface area contributed by atoms with Crippen LogP contribution in [0.5, 0.6) is 11.5 Å². The van der Waals surface area contributed by atoms with Crippen LogP contribution in [0.25, 0.3) is 33.1 Å². The van der Waals surface area contributed by atoms with Crippen molar-refractivity contribution in [3.63, 3.8) is 0 Å². The molecule has 2 heterocycles. The number of methoxy groups -OCH3 is 2. The van der Waals surface area contributed by atoms with Gasteiger partial charge in [0, 0.05) is 34.6 Å². The van der Waals surface area contributed by atoms with Gasteiger partial charge in [0.15, 0.2) is 11.5 Å². The Hall–Kier alpha value is -3.01. The summed E-state index contributed by atoms with van der Waals surface area (Å²) in [5, 5.41) is 2.51. The third-order valence-corrected chi connectivity index (χ3v) is 5.07. The number of fused-ring (bicyclic) bond motifs is 3. The Kier molecular flexibility index (Phi) is 4.71. The molecule has 4 heteroatoms. The SMILES string of the molecule is CCCCn1c2ccccc2c2ccnc(-c3ccc(OC)c(OC)c3)c21. The van der Waals surface area contributed by atoms with Crippen molar-refractivity contribution in [2.75, 3.05) is 14.2 Å². The van der Waals surface area contributed by atoms with Gasteiger partial charge in [-0.05, 0) is 36.8 Å². The first kappa shape index (κ1) is 17.4. The summed E-state index contributed by atoms with van der Waals surface area (Å²) in [7, 11) is 3.31. The molecule has 0 aliphatic carbocycles. The summed E-state index contributed by atoms with van der Waals surface area (Å²) in [6.45, 7) is 3.20. The quantitative estimate of drug-likeness (QED) is 0.444. The highest BCUT2D eigenvalue weighted by Gasteiger charge is 2.16. The molecule has 2 aromatic heterocycles. The number of pyridine rings is 1. The average molecular weight is 360 g/mol. The average Bonchev–Trinajstić information content (AvgIpc) is 3.05. The summed E-state index contributed by atoms with van der Waals surface area (Å²) >= 11 is 0. The van der Waals surface area contributed by atoms with Crippen LogP contribution in [-0.2, 0) is 6.54 Å². The van der Waals surface area contributed by atoms with Gasteiger partial charge in [-0.25, -0.2) is 0 Å². The summed E-state index contributed by atoms with van der Waals surface area (Å²) in [6, 6.07) is 16.7. The van der Waals surface area contributed by atoms with Crippen LogP contribution in [0, 0.1) is 0 Å². The topological polar surface area (TPSA) is 36.3 Å². The molecule has 0 saturated carbocycles. The normalized spacial score (nSPS) is 11.2. The number of aryl methyl sites for hydroxylation is 1. The zero-order valence-corrected chi connectivity index (χ0v) is 16.0. The van der Waals surface area contributed by atoms with E-state index in [1.54, 1.807) is 14.2 Å². The van der Waals surface area contributed by atoms with E-state index in [2.05, 4.69) is 41.8 Å². The first-order valence-electron chi connectivity index (χ1n) is 9.36. The third kappa shape index (κ3) is 2.91. The predicted molar refractivity (Wildman–Crippen MR) is 111 cm³/mol. The highest BCUT2D eigenvalue weighted by atomic mass is 16.5. The number of nitrogens with zero attached hydrogens (tertiary/aromatic N) is 2. The Balaban J connectivity index is 2.01. The Morgan fingerprint density at radius 1 is 0.926 bits per heavy atom. The third-order valence-electron chi connectivity index (χ3n) is 5.07. The van der Waals surface area contributed by atoms with Crippen molar-refractivity contribution in [2.24, 2.45) is 0 Å². The van der Waals surface area contributed by atoms with Crippen molar-refractivity contribution >= 4 is 21.8 Å². The lowest BCUT2D eigenvalue weighted by Crippen LogP contribution is -2.00. The maximum absolute atomic E-state index is 5.50. The van der Waals surface area contributed by atoms with Gasteiger partial charge in [0.05, 0.1) is 25.4 Å². The van der Waals surface area contributed by atoms with Gasteiger partial charge >= 0.3 is 0 Å². The van der Waals surface area contributed by atoms with Crippen molar-refractivity contribution in [1.29, 1.82) is 0 Å². The number of hydrogen-bond donors (Lipinski definition) is 0. The molecule has 4 nitrogen and oxygen atoms in total. The lowest BCUT2D eigenvalue weighted by Gasteiger charge is -2.12. The molecule has 0 atom stereocenters. The first-order chi connectivity index (χ1) is 13.3. The summed E-state index contributed by atoms with van der Waals surface area (Å²) in [6.07, 6.45) is 4.18. The van der Waals surface area contributed by atoms with Crippen molar-refractivity contribution < 1.29 is 9.47 Å². The minimum absolute atomic E-state index is 0.713. The molecule has 0 N–H and O–H groups in total. The predicted octanol–water partition coefficient (Wildman–Crippen LogP) is 5.67. The monoisotopic (exact) mass is 360 g/mol. The maximum Gasteiger partial charge on any atom is 0.161 e. The summed E-state index contributed by atoms with van der Waals surface area (Å²) in [5.74, 6) is 1.44. The minimum atomic E-state index is 0.713. The highest BCUT2D eigenvalue weighted by Crippen LogP contribution is 2.37. The molecule has 2 aromatic carbocycles. The summed E-state index contributed by atoms with van der Waals surface area (Å²) in [4.78, 5) is 4.75. The van der Waals surface area contributed by atoms with Gasteiger partial charge in [-0.2, -0.15) is 0 Å². The second-order valence-corrected chi connectivity index (χ2v) is 6.65. The fourth-order valence-corrected chi connectivity index (χ4v) is 3.75. The van der Waals surface area contributed by atoms with E-state index in [-0.39, 0.29) is 0 Å². The molecule has 27 heavy (non-hydrogen) atoms. The molecule has 0 fully saturated rings. The second kappa shape index (κ2) is 7.31. The first-order valence-corrected chi connectivity index (χ1v) is 9.36. The van der Waals surface area contributed by atoms with E-state index in [1.807, 2.05) is 24.4 Å². The van der Waals surface area contributed by atoms with E-state index >= 15 is 0 Å². The lowest BCUT2D eigenvalue weighted by molar-refractivity contribution is 0.355. The largest absolute Gasteiger partial charge is 0.493 e. The molecule has 0 unspecified atom stereocenters. The number of rotatable bonds is 6. The molecule has 0 saturated heterocycles. The van der Waals surface area contributed by atoms with Crippen LogP contribution in [0.1, 0.15) is 19.8 Å². The highest BCUT2D eigenvalue weighted by molar-refractivity contribution is 6.11. The Morgan fingerprint density at radius 3 is 2.52 bits per heavy atom. The number of ether oxygens (including phenoxy) is 2. The molecule has 0 spiro atoms. The van der Waals surface area contributed by atoms with E-state index in [0.717, 1.165) is 36.4 Å². The van der Waals surface area contributed by atoms with Gasteiger partial charge in [0.2, 0.25) is 0 Å². The van der Waals surface area contributed by atoms with E-state index in [1.165, 1.54) is 21.8 Å². The number of hydrogen-bond acceptors (Lipinski definition) is 3. The van der Waals surface area contributed by atoms with Gasteiger partial charge in [0.1, 0.15) is 0 Å². The van der Waals surface area contributed by atoms with E-state index in [4.69, 9.17) is 14.5 Å². The molecule has 138 valence electrons. The Morgan fingerprint density at radius 2 is 1.74 bits per heavy atom. The lowest BCUT2D eigenvalue weighted by atomic mass is 10.1. The molecule has 0 aliphatic heterocycles. The number of para-hydroxylation sites is 1. The Bertz CT molecular complexity index is 1100. The zero-order valence-electron chi connectivity index (χ0n) is 16.0. The molecule has 0 aliphatic rings. The van der Waals surface area contributed by atoms with Crippen LogP contribution in [0.15, 0.2) is 54.7 Å². The minimum Gasteiger partial charge on any atom is -0.493 e. The van der Waals surface area contributed by atoms with Crippen molar-refractivity contribution in [2.45, 2.75) is 26.3 Å². The van der Waals surface area contributed by atoms with Gasteiger partial charge < -0.3 is 14.0 Å². The van der Waals surface area contributed by atoms with Crippen LogP contribution < -0.4 is 9.47 Å². The molecular weight excluding hydrogens is 336 g/mol. The molecule has 4 rings (SSSR count). The van der Waals surface area contributed by atoms with Crippen molar-refractivity contribution in [3.05, 3.63) is 54.7 Å². The van der Waals surface area contributed by atoms with Crippen molar-refractivity contribution in [3.8, 4) is 22.8 Å². The zero-order chi connectivity index (χ0) is 18.8.